The maximum atomic E-state index is 12.3. The summed E-state index contributed by atoms with van der Waals surface area (Å²) in [5.41, 5.74) is 1.20. The molecule has 0 unspecified atom stereocenters. The first-order valence-electron chi connectivity index (χ1n) is 7.88. The monoisotopic (exact) mass is 356 g/mol. The summed E-state index contributed by atoms with van der Waals surface area (Å²) in [6.45, 7) is 2.58. The lowest BCUT2D eigenvalue weighted by Crippen LogP contribution is -2.20. The van der Waals surface area contributed by atoms with E-state index in [2.05, 4.69) is 5.32 Å². The summed E-state index contributed by atoms with van der Waals surface area (Å²) in [4.78, 5) is 24.3. The number of ether oxygens (including phenoxy) is 1. The van der Waals surface area contributed by atoms with Crippen molar-refractivity contribution in [3.8, 4) is 5.75 Å². The van der Waals surface area contributed by atoms with Crippen molar-refractivity contribution in [3.63, 3.8) is 0 Å². The van der Waals surface area contributed by atoms with E-state index in [1.165, 1.54) is 6.07 Å². The number of benzene rings is 2. The van der Waals surface area contributed by atoms with E-state index in [0.717, 1.165) is 5.75 Å². The molecule has 1 amide bonds. The molecule has 5 nitrogen and oxygen atoms in total. The van der Waals surface area contributed by atoms with E-state index in [0.29, 0.717) is 28.2 Å². The van der Waals surface area contributed by atoms with Crippen LogP contribution in [0.3, 0.4) is 0 Å². The number of anilines is 1. The lowest BCUT2D eigenvalue weighted by atomic mass is 10.2. The van der Waals surface area contributed by atoms with E-state index >= 15 is 0 Å². The van der Waals surface area contributed by atoms with E-state index in [1.54, 1.807) is 53.2 Å². The highest BCUT2D eigenvalue weighted by atomic mass is 35.5. The Hall–Kier alpha value is -2.79. The number of aromatic nitrogens is 1. The van der Waals surface area contributed by atoms with Crippen molar-refractivity contribution in [1.82, 2.24) is 4.57 Å². The van der Waals surface area contributed by atoms with Crippen LogP contribution in [0.1, 0.15) is 6.92 Å². The van der Waals surface area contributed by atoms with Gasteiger partial charge in [0.15, 0.2) is 5.43 Å². The van der Waals surface area contributed by atoms with Crippen molar-refractivity contribution in [2.75, 3.05) is 11.9 Å². The largest absolute Gasteiger partial charge is 0.494 e. The van der Waals surface area contributed by atoms with Gasteiger partial charge in [0.1, 0.15) is 12.3 Å². The van der Waals surface area contributed by atoms with E-state index in [1.807, 2.05) is 6.92 Å². The molecule has 3 aromatic rings. The van der Waals surface area contributed by atoms with Gasteiger partial charge in [-0.3, -0.25) is 9.59 Å². The van der Waals surface area contributed by atoms with Gasteiger partial charge in [-0.1, -0.05) is 11.6 Å². The highest BCUT2D eigenvalue weighted by molar-refractivity contribution is 6.31. The van der Waals surface area contributed by atoms with Gasteiger partial charge >= 0.3 is 0 Å². The minimum atomic E-state index is -0.200. The summed E-state index contributed by atoms with van der Waals surface area (Å²) in [6.07, 6.45) is 1.60. The molecule has 3 rings (SSSR count). The normalized spacial score (nSPS) is 10.6. The van der Waals surface area contributed by atoms with Gasteiger partial charge in [0, 0.05) is 28.4 Å². The van der Waals surface area contributed by atoms with Crippen LogP contribution < -0.4 is 15.5 Å². The molecule has 0 aliphatic carbocycles. The van der Waals surface area contributed by atoms with Crippen LogP contribution in [0.25, 0.3) is 10.9 Å². The molecule has 0 atom stereocenters. The zero-order chi connectivity index (χ0) is 17.8. The minimum absolute atomic E-state index is 0.0737. The molecule has 6 heteroatoms. The van der Waals surface area contributed by atoms with Gasteiger partial charge in [-0.2, -0.15) is 0 Å². The molecular weight excluding hydrogens is 340 g/mol. The van der Waals surface area contributed by atoms with E-state index < -0.39 is 0 Å². The van der Waals surface area contributed by atoms with Gasteiger partial charge < -0.3 is 14.6 Å². The molecule has 128 valence electrons. The van der Waals surface area contributed by atoms with Gasteiger partial charge in [-0.15, -0.1) is 0 Å². The highest BCUT2D eigenvalue weighted by Crippen LogP contribution is 2.18. The van der Waals surface area contributed by atoms with Crippen LogP contribution in [0.5, 0.6) is 5.75 Å². The van der Waals surface area contributed by atoms with Crippen molar-refractivity contribution < 1.29 is 9.53 Å². The Morgan fingerprint density at radius 1 is 1.16 bits per heavy atom. The third-order valence-electron chi connectivity index (χ3n) is 3.70. The third kappa shape index (κ3) is 4.00. The smallest absolute Gasteiger partial charge is 0.244 e. The fourth-order valence-electron chi connectivity index (χ4n) is 2.57. The van der Waals surface area contributed by atoms with Gasteiger partial charge in [0.05, 0.1) is 12.1 Å². The second-order valence-corrected chi connectivity index (χ2v) is 5.91. The Balaban J connectivity index is 1.79. The molecule has 1 N–H and O–H groups in total. The molecule has 0 bridgehead atoms. The number of nitrogens with one attached hydrogen (secondary N) is 1. The number of carbonyl (C=O) groups excluding carboxylic acids is 1. The molecule has 0 saturated carbocycles. The van der Waals surface area contributed by atoms with E-state index in [4.69, 9.17) is 16.3 Å². The molecule has 0 aliphatic heterocycles. The van der Waals surface area contributed by atoms with Crippen molar-refractivity contribution in [2.45, 2.75) is 13.5 Å². The van der Waals surface area contributed by atoms with Crippen LogP contribution in [0.2, 0.25) is 5.02 Å². The number of nitrogens with zero attached hydrogens (tertiary/aromatic N) is 1. The van der Waals surface area contributed by atoms with Gasteiger partial charge in [-0.05, 0) is 49.4 Å². The molecule has 1 heterocycles. The molecule has 2 aromatic carbocycles. The number of halogens is 1. The van der Waals surface area contributed by atoms with Gasteiger partial charge in [0.25, 0.3) is 0 Å². The average Bonchev–Trinajstić information content (AvgIpc) is 2.59. The fourth-order valence-corrected chi connectivity index (χ4v) is 2.74. The lowest BCUT2D eigenvalue weighted by Gasteiger charge is -2.12. The van der Waals surface area contributed by atoms with Crippen molar-refractivity contribution in [1.29, 1.82) is 0 Å². The van der Waals surface area contributed by atoms with Crippen molar-refractivity contribution in [2.24, 2.45) is 0 Å². The number of rotatable bonds is 5. The Kier molecular flexibility index (Phi) is 5.05. The SMILES string of the molecule is CCOc1ccc(NC(=O)Cn2ccc(=O)c3ccc(Cl)cc32)cc1. The van der Waals surface area contributed by atoms with Gasteiger partial charge in [-0.25, -0.2) is 0 Å². The summed E-state index contributed by atoms with van der Waals surface area (Å²) in [7, 11) is 0. The highest BCUT2D eigenvalue weighted by Gasteiger charge is 2.08. The van der Waals surface area contributed by atoms with Gasteiger partial charge in [0.2, 0.25) is 5.91 Å². The van der Waals surface area contributed by atoms with Crippen LogP contribution in [-0.4, -0.2) is 17.1 Å². The van der Waals surface area contributed by atoms with Crippen molar-refractivity contribution in [3.05, 3.63) is 70.0 Å². The lowest BCUT2D eigenvalue weighted by molar-refractivity contribution is -0.116. The van der Waals surface area contributed by atoms with Crippen molar-refractivity contribution >= 4 is 34.1 Å². The topological polar surface area (TPSA) is 60.3 Å². The Morgan fingerprint density at radius 2 is 1.92 bits per heavy atom. The molecule has 25 heavy (non-hydrogen) atoms. The number of hydrogen-bond acceptors (Lipinski definition) is 3. The summed E-state index contributed by atoms with van der Waals surface area (Å²) >= 11 is 6.02. The molecule has 1 aromatic heterocycles. The molecule has 0 radical (unpaired) electrons. The minimum Gasteiger partial charge on any atom is -0.494 e. The van der Waals surface area contributed by atoms with Crippen LogP contribution in [0.15, 0.2) is 59.5 Å². The summed E-state index contributed by atoms with van der Waals surface area (Å²) < 4.78 is 7.07. The fraction of sp³-hybridized carbons (Fsp3) is 0.158. The number of amides is 1. The molecule has 0 fully saturated rings. The molecular formula is C19H17ClN2O3. The molecule has 0 aliphatic rings. The van der Waals surface area contributed by atoms with Crippen LogP contribution in [-0.2, 0) is 11.3 Å². The number of pyridine rings is 1. The number of fused-ring (bicyclic) bond motifs is 1. The third-order valence-corrected chi connectivity index (χ3v) is 3.94. The average molecular weight is 357 g/mol. The Morgan fingerprint density at radius 3 is 2.64 bits per heavy atom. The summed E-state index contributed by atoms with van der Waals surface area (Å²) in [5.74, 6) is 0.552. The zero-order valence-electron chi connectivity index (χ0n) is 13.7. The van der Waals surface area contributed by atoms with Crippen LogP contribution >= 0.6 is 11.6 Å². The summed E-state index contributed by atoms with van der Waals surface area (Å²) in [6, 6.07) is 13.6. The van der Waals surface area contributed by atoms with E-state index in [-0.39, 0.29) is 17.9 Å². The second kappa shape index (κ2) is 7.40. The maximum Gasteiger partial charge on any atom is 0.244 e. The first kappa shape index (κ1) is 17.0. The number of carbonyl (C=O) groups is 1. The number of hydrogen-bond donors (Lipinski definition) is 1. The summed E-state index contributed by atoms with van der Waals surface area (Å²) in [5, 5.41) is 3.87. The second-order valence-electron chi connectivity index (χ2n) is 5.47. The quantitative estimate of drug-likeness (QED) is 0.758. The maximum absolute atomic E-state index is 12.3. The predicted octanol–water partition coefficient (Wildman–Crippen LogP) is 3.69. The first-order valence-corrected chi connectivity index (χ1v) is 8.26. The standard InChI is InChI=1S/C19H17ClN2O3/c1-2-25-15-6-4-14(5-7-15)21-19(24)12-22-10-9-18(23)16-8-3-13(20)11-17(16)22/h3-11H,2,12H2,1H3,(H,21,24). The van der Waals surface area contributed by atoms with Crippen LogP contribution in [0.4, 0.5) is 5.69 Å². The zero-order valence-corrected chi connectivity index (χ0v) is 14.4. The van der Waals surface area contributed by atoms with Crippen LogP contribution in [0, 0.1) is 0 Å². The Labute approximate surface area is 149 Å². The molecule has 0 saturated heterocycles. The molecule has 0 spiro atoms. The van der Waals surface area contributed by atoms with E-state index in [9.17, 15) is 9.59 Å². The first-order chi connectivity index (χ1) is 12.1. The Bertz CT molecular complexity index is 965. The predicted molar refractivity (Wildman–Crippen MR) is 99.5 cm³/mol.